The maximum Gasteiger partial charge on any atom is 0.123 e. The summed E-state index contributed by atoms with van der Waals surface area (Å²) in [6, 6.07) is 6.36. The molecule has 0 amide bonds. The quantitative estimate of drug-likeness (QED) is 0.780. The Balaban J connectivity index is 2.12. The number of rotatable bonds is 0. The van der Waals surface area contributed by atoms with Crippen molar-refractivity contribution in [2.75, 3.05) is 19.7 Å². The first-order chi connectivity index (χ1) is 7.30. The average Bonchev–Trinajstić information content (AvgIpc) is 2.69. The molecule has 1 fully saturated rings. The molecule has 1 saturated heterocycles. The summed E-state index contributed by atoms with van der Waals surface area (Å²) in [4.78, 5) is 0. The van der Waals surface area contributed by atoms with Crippen molar-refractivity contribution in [3.05, 3.63) is 28.2 Å². The van der Waals surface area contributed by atoms with Gasteiger partial charge in [-0.3, -0.25) is 0 Å². The predicted octanol–water partition coefficient (Wildman–Crippen LogP) is 2.46. The first-order valence-electron chi connectivity index (χ1n) is 5.44. The molecular weight excluding hydrogens is 254 g/mol. The molecule has 1 unspecified atom stereocenters. The van der Waals surface area contributed by atoms with Crippen LogP contribution in [0.15, 0.2) is 22.7 Å². The molecule has 1 N–H and O–H groups in total. The van der Waals surface area contributed by atoms with Crippen LogP contribution in [0.3, 0.4) is 0 Å². The van der Waals surface area contributed by atoms with Crippen LogP contribution in [-0.4, -0.2) is 19.7 Å². The Labute approximate surface area is 98.1 Å². The summed E-state index contributed by atoms with van der Waals surface area (Å²) in [5.74, 6) is 1.08. The highest BCUT2D eigenvalue weighted by Crippen LogP contribution is 2.43. The van der Waals surface area contributed by atoms with Gasteiger partial charge in [0.2, 0.25) is 0 Å². The third-order valence-corrected chi connectivity index (χ3v) is 4.09. The fourth-order valence-corrected chi connectivity index (χ4v) is 3.08. The minimum absolute atomic E-state index is 0.331. The number of nitrogens with one attached hydrogen (secondary N) is 1. The largest absolute Gasteiger partial charge is 0.493 e. The molecule has 1 spiro atoms. The summed E-state index contributed by atoms with van der Waals surface area (Å²) in [5, 5.41) is 3.47. The molecule has 0 aliphatic carbocycles. The third kappa shape index (κ3) is 1.49. The molecule has 2 nitrogen and oxygen atoms in total. The van der Waals surface area contributed by atoms with Crippen molar-refractivity contribution < 1.29 is 4.74 Å². The summed E-state index contributed by atoms with van der Waals surface area (Å²) in [6.07, 6.45) is 2.38. The Hall–Kier alpha value is -0.540. The lowest BCUT2D eigenvalue weighted by Crippen LogP contribution is -2.34. The average molecular weight is 268 g/mol. The van der Waals surface area contributed by atoms with Gasteiger partial charge in [-0.05, 0) is 37.6 Å². The normalized spacial score (nSPS) is 28.9. The second-order valence-electron chi connectivity index (χ2n) is 4.45. The molecule has 0 aromatic heterocycles. The minimum Gasteiger partial charge on any atom is -0.493 e. The molecule has 3 heteroatoms. The van der Waals surface area contributed by atoms with Gasteiger partial charge < -0.3 is 10.1 Å². The summed E-state index contributed by atoms with van der Waals surface area (Å²) < 4.78 is 6.87. The maximum atomic E-state index is 5.72. The molecule has 2 aliphatic rings. The van der Waals surface area contributed by atoms with Gasteiger partial charge in [-0.15, -0.1) is 0 Å². The van der Waals surface area contributed by atoms with E-state index in [9.17, 15) is 0 Å². The Morgan fingerprint density at radius 2 is 2.27 bits per heavy atom. The number of benzene rings is 1. The minimum atomic E-state index is 0.331. The summed E-state index contributed by atoms with van der Waals surface area (Å²) in [7, 11) is 0. The summed E-state index contributed by atoms with van der Waals surface area (Å²) >= 11 is 3.54. The lowest BCUT2D eigenvalue weighted by Gasteiger charge is -2.35. The molecule has 3 rings (SSSR count). The lowest BCUT2D eigenvalue weighted by molar-refractivity contribution is 0.223. The number of halogens is 1. The molecule has 80 valence electrons. The van der Waals surface area contributed by atoms with Crippen molar-refractivity contribution in [1.29, 1.82) is 0 Å². The first-order valence-corrected chi connectivity index (χ1v) is 6.23. The molecule has 1 aromatic carbocycles. The van der Waals surface area contributed by atoms with Crippen molar-refractivity contribution in [2.24, 2.45) is 0 Å². The van der Waals surface area contributed by atoms with Gasteiger partial charge in [0.15, 0.2) is 0 Å². The Morgan fingerprint density at radius 3 is 3.07 bits per heavy atom. The van der Waals surface area contributed by atoms with E-state index in [2.05, 4.69) is 39.4 Å². The fraction of sp³-hybridized carbons (Fsp3) is 0.500. The van der Waals surface area contributed by atoms with Gasteiger partial charge in [0, 0.05) is 22.0 Å². The van der Waals surface area contributed by atoms with Crippen molar-refractivity contribution >= 4 is 15.9 Å². The molecule has 0 bridgehead atoms. The maximum absolute atomic E-state index is 5.72. The highest BCUT2D eigenvalue weighted by molar-refractivity contribution is 9.10. The van der Waals surface area contributed by atoms with E-state index in [1.54, 1.807) is 0 Å². The topological polar surface area (TPSA) is 21.3 Å². The van der Waals surface area contributed by atoms with Gasteiger partial charge in [0.05, 0.1) is 6.61 Å². The van der Waals surface area contributed by atoms with E-state index in [0.717, 1.165) is 36.3 Å². The van der Waals surface area contributed by atoms with Crippen molar-refractivity contribution in [3.63, 3.8) is 0 Å². The first kappa shape index (κ1) is 9.67. The molecule has 15 heavy (non-hydrogen) atoms. The number of ether oxygens (including phenoxy) is 1. The zero-order valence-electron chi connectivity index (χ0n) is 8.55. The second-order valence-corrected chi connectivity index (χ2v) is 5.36. The van der Waals surface area contributed by atoms with Crippen molar-refractivity contribution in [3.8, 4) is 5.75 Å². The van der Waals surface area contributed by atoms with E-state index in [1.807, 2.05) is 0 Å². The van der Waals surface area contributed by atoms with Crippen LogP contribution in [0.2, 0.25) is 0 Å². The Morgan fingerprint density at radius 1 is 1.33 bits per heavy atom. The SMILES string of the molecule is Brc1ccc2c(c1)C1(CCNC1)CCO2. The molecular formula is C12H14BrNO. The summed E-state index contributed by atoms with van der Waals surface area (Å²) in [6.45, 7) is 3.09. The number of hydrogen-bond donors (Lipinski definition) is 1. The van der Waals surface area contributed by atoms with Gasteiger partial charge in [-0.2, -0.15) is 0 Å². The lowest BCUT2D eigenvalue weighted by atomic mass is 9.75. The smallest absolute Gasteiger partial charge is 0.123 e. The Kier molecular flexibility index (Phi) is 2.25. The van der Waals surface area contributed by atoms with Gasteiger partial charge in [-0.1, -0.05) is 15.9 Å². The van der Waals surface area contributed by atoms with Gasteiger partial charge in [0.1, 0.15) is 5.75 Å². The van der Waals surface area contributed by atoms with Crippen LogP contribution in [0, 0.1) is 0 Å². The Bertz CT molecular complexity index is 385. The third-order valence-electron chi connectivity index (χ3n) is 3.59. The fourth-order valence-electron chi connectivity index (χ4n) is 2.72. The van der Waals surface area contributed by atoms with Crippen LogP contribution in [0.1, 0.15) is 18.4 Å². The van der Waals surface area contributed by atoms with E-state index in [-0.39, 0.29) is 0 Å². The van der Waals surface area contributed by atoms with Gasteiger partial charge >= 0.3 is 0 Å². The van der Waals surface area contributed by atoms with E-state index >= 15 is 0 Å². The van der Waals surface area contributed by atoms with Crippen molar-refractivity contribution in [2.45, 2.75) is 18.3 Å². The van der Waals surface area contributed by atoms with Crippen LogP contribution in [-0.2, 0) is 5.41 Å². The van der Waals surface area contributed by atoms with Crippen LogP contribution in [0.25, 0.3) is 0 Å². The van der Waals surface area contributed by atoms with E-state index < -0.39 is 0 Å². The highest BCUT2D eigenvalue weighted by Gasteiger charge is 2.40. The molecule has 2 aliphatic heterocycles. The second kappa shape index (κ2) is 3.49. The number of fused-ring (bicyclic) bond motifs is 2. The van der Waals surface area contributed by atoms with Crippen LogP contribution in [0.5, 0.6) is 5.75 Å². The molecule has 0 saturated carbocycles. The summed E-state index contributed by atoms with van der Waals surface area (Å²) in [5.41, 5.74) is 1.71. The van der Waals surface area contributed by atoms with Gasteiger partial charge in [0.25, 0.3) is 0 Å². The monoisotopic (exact) mass is 267 g/mol. The van der Waals surface area contributed by atoms with Crippen LogP contribution >= 0.6 is 15.9 Å². The molecule has 1 atom stereocenters. The standard InChI is InChI=1S/C12H14BrNO/c13-9-1-2-11-10(7-9)12(4-6-15-11)3-5-14-8-12/h1-2,7,14H,3-6,8H2. The van der Waals surface area contributed by atoms with Gasteiger partial charge in [-0.25, -0.2) is 0 Å². The van der Waals surface area contributed by atoms with Crippen LogP contribution < -0.4 is 10.1 Å². The van der Waals surface area contributed by atoms with E-state index in [1.165, 1.54) is 12.0 Å². The zero-order valence-corrected chi connectivity index (χ0v) is 10.1. The van der Waals surface area contributed by atoms with Crippen LogP contribution in [0.4, 0.5) is 0 Å². The number of hydrogen-bond acceptors (Lipinski definition) is 2. The highest BCUT2D eigenvalue weighted by atomic mass is 79.9. The zero-order chi connectivity index (χ0) is 10.3. The van der Waals surface area contributed by atoms with E-state index in [4.69, 9.17) is 4.74 Å². The van der Waals surface area contributed by atoms with E-state index in [0.29, 0.717) is 5.41 Å². The molecule has 0 radical (unpaired) electrons. The predicted molar refractivity (Wildman–Crippen MR) is 63.4 cm³/mol. The molecule has 1 aromatic rings. The van der Waals surface area contributed by atoms with Crippen molar-refractivity contribution in [1.82, 2.24) is 5.32 Å². The molecule has 2 heterocycles.